The molecule has 0 spiro atoms. The van der Waals surface area contributed by atoms with Crippen molar-refractivity contribution >= 4 is 5.97 Å². The Labute approximate surface area is 127 Å². The Balaban J connectivity index is 2.84. The molecule has 0 fully saturated rings. The van der Waals surface area contributed by atoms with Crippen LogP contribution in [0.4, 0.5) is 26.3 Å². The minimum atomic E-state index is -4.90. The maximum absolute atomic E-state index is 12.6. The van der Waals surface area contributed by atoms with Crippen molar-refractivity contribution in [3.8, 4) is 0 Å². The van der Waals surface area contributed by atoms with Gasteiger partial charge in [0.25, 0.3) is 0 Å². The van der Waals surface area contributed by atoms with E-state index in [0.717, 1.165) is 0 Å². The first-order valence-corrected chi connectivity index (χ1v) is 6.38. The van der Waals surface area contributed by atoms with Gasteiger partial charge in [0.05, 0.1) is 11.1 Å². The zero-order valence-corrected chi connectivity index (χ0v) is 11.6. The molecular formula is C13H14F6N2O2. The zero-order valence-electron chi connectivity index (χ0n) is 11.6. The van der Waals surface area contributed by atoms with Gasteiger partial charge in [-0.2, -0.15) is 26.3 Å². The van der Waals surface area contributed by atoms with E-state index in [0.29, 0.717) is 12.1 Å². The van der Waals surface area contributed by atoms with Gasteiger partial charge in [-0.3, -0.25) is 4.79 Å². The summed E-state index contributed by atoms with van der Waals surface area (Å²) in [4.78, 5) is 10.5. The summed E-state index contributed by atoms with van der Waals surface area (Å²) in [5.74, 6) is -1.25. The highest BCUT2D eigenvalue weighted by Gasteiger charge is 2.36. The van der Waals surface area contributed by atoms with Crippen molar-refractivity contribution in [3.05, 3.63) is 34.9 Å². The number of carboxylic acid groups (broad SMARTS) is 1. The van der Waals surface area contributed by atoms with E-state index in [4.69, 9.17) is 10.8 Å². The number of carboxylic acids is 1. The smallest absolute Gasteiger partial charge is 0.416 e. The monoisotopic (exact) mass is 344 g/mol. The van der Waals surface area contributed by atoms with Crippen molar-refractivity contribution in [3.63, 3.8) is 0 Å². The van der Waals surface area contributed by atoms with Crippen LogP contribution in [0.5, 0.6) is 0 Å². The molecule has 0 aliphatic rings. The Hall–Kier alpha value is -1.81. The lowest BCUT2D eigenvalue weighted by molar-refractivity contribution is -0.143. The van der Waals surface area contributed by atoms with Gasteiger partial charge < -0.3 is 16.2 Å². The Kier molecular flexibility index (Phi) is 6.00. The molecule has 0 aromatic heterocycles. The van der Waals surface area contributed by atoms with Crippen LogP contribution in [0.3, 0.4) is 0 Å². The van der Waals surface area contributed by atoms with Crippen LogP contribution in [0.2, 0.25) is 0 Å². The molecule has 23 heavy (non-hydrogen) atoms. The highest BCUT2D eigenvalue weighted by Crippen LogP contribution is 2.36. The van der Waals surface area contributed by atoms with Gasteiger partial charge in [-0.15, -0.1) is 0 Å². The van der Waals surface area contributed by atoms with E-state index in [1.807, 2.05) is 0 Å². The van der Waals surface area contributed by atoms with Crippen LogP contribution in [0.25, 0.3) is 0 Å². The molecule has 0 aliphatic heterocycles. The largest absolute Gasteiger partial charge is 0.480 e. The van der Waals surface area contributed by atoms with Gasteiger partial charge in [0.15, 0.2) is 0 Å². The van der Waals surface area contributed by atoms with Crippen LogP contribution in [-0.2, 0) is 23.7 Å². The zero-order chi connectivity index (χ0) is 17.8. The summed E-state index contributed by atoms with van der Waals surface area (Å²) in [6, 6.07) is 0.109. The van der Waals surface area contributed by atoms with Gasteiger partial charge >= 0.3 is 18.3 Å². The lowest BCUT2D eigenvalue weighted by Gasteiger charge is -2.15. The molecule has 0 saturated carbocycles. The summed E-state index contributed by atoms with van der Waals surface area (Å²) in [6.45, 7) is -0.246. The average Bonchev–Trinajstić information content (AvgIpc) is 2.41. The average molecular weight is 344 g/mol. The quantitative estimate of drug-likeness (QED) is 0.548. The van der Waals surface area contributed by atoms with Gasteiger partial charge in [0, 0.05) is 6.54 Å². The van der Waals surface area contributed by atoms with Crippen molar-refractivity contribution < 1.29 is 36.2 Å². The van der Waals surface area contributed by atoms with E-state index in [1.165, 1.54) is 0 Å². The standard InChI is InChI=1S/C13H14F6N2O2/c14-12(15,16)8-3-7(4-9(5-8)13(17,18)19)6-21-2-1-10(20)11(22)23/h3-5,10,21H,1-2,6,20H2,(H,22,23). The minimum Gasteiger partial charge on any atom is -0.480 e. The fourth-order valence-electron chi connectivity index (χ4n) is 1.74. The van der Waals surface area contributed by atoms with E-state index in [9.17, 15) is 31.1 Å². The van der Waals surface area contributed by atoms with E-state index in [-0.39, 0.29) is 31.1 Å². The van der Waals surface area contributed by atoms with E-state index < -0.39 is 35.5 Å². The van der Waals surface area contributed by atoms with Crippen molar-refractivity contribution in [1.82, 2.24) is 5.32 Å². The van der Waals surface area contributed by atoms with Crippen molar-refractivity contribution in [2.45, 2.75) is 31.4 Å². The second-order valence-corrected chi connectivity index (χ2v) is 4.82. The highest BCUT2D eigenvalue weighted by molar-refractivity contribution is 5.72. The minimum absolute atomic E-state index is 0.0135. The van der Waals surface area contributed by atoms with Crippen LogP contribution in [-0.4, -0.2) is 23.7 Å². The number of rotatable bonds is 6. The Bertz CT molecular complexity index is 524. The highest BCUT2D eigenvalue weighted by atomic mass is 19.4. The van der Waals surface area contributed by atoms with Gasteiger partial charge in [-0.05, 0) is 36.7 Å². The molecule has 1 rings (SSSR count). The topological polar surface area (TPSA) is 75.3 Å². The summed E-state index contributed by atoms with van der Waals surface area (Å²) >= 11 is 0. The SMILES string of the molecule is NC(CCNCc1cc(C(F)(F)F)cc(C(F)(F)F)c1)C(=O)O. The molecule has 0 bridgehead atoms. The van der Waals surface area contributed by atoms with Crippen molar-refractivity contribution in [1.29, 1.82) is 0 Å². The summed E-state index contributed by atoms with van der Waals surface area (Å²) in [5.41, 5.74) is 2.22. The van der Waals surface area contributed by atoms with Crippen LogP contribution in [0.1, 0.15) is 23.1 Å². The van der Waals surface area contributed by atoms with Crippen LogP contribution in [0.15, 0.2) is 18.2 Å². The second-order valence-electron chi connectivity index (χ2n) is 4.82. The van der Waals surface area contributed by atoms with E-state index in [2.05, 4.69) is 5.32 Å². The van der Waals surface area contributed by atoms with E-state index in [1.54, 1.807) is 0 Å². The molecule has 4 N–H and O–H groups in total. The third-order valence-corrected chi connectivity index (χ3v) is 2.93. The normalized spacial score (nSPS) is 13.9. The number of hydrogen-bond donors (Lipinski definition) is 3. The Morgan fingerprint density at radius 2 is 1.57 bits per heavy atom. The number of nitrogens with two attached hydrogens (primary N) is 1. The molecule has 1 atom stereocenters. The summed E-state index contributed by atoms with van der Waals surface area (Å²) in [5, 5.41) is 11.1. The van der Waals surface area contributed by atoms with Crippen LogP contribution < -0.4 is 11.1 Å². The first-order valence-electron chi connectivity index (χ1n) is 6.38. The molecule has 1 aromatic carbocycles. The van der Waals surface area contributed by atoms with Gasteiger partial charge in [0.1, 0.15) is 6.04 Å². The Morgan fingerprint density at radius 3 is 1.96 bits per heavy atom. The number of nitrogens with one attached hydrogen (secondary N) is 1. The summed E-state index contributed by atoms with van der Waals surface area (Å²) < 4.78 is 75.9. The number of benzene rings is 1. The van der Waals surface area contributed by atoms with Gasteiger partial charge in [0.2, 0.25) is 0 Å². The molecule has 0 heterocycles. The molecule has 10 heteroatoms. The predicted molar refractivity (Wildman–Crippen MR) is 68.4 cm³/mol. The molecule has 0 amide bonds. The molecule has 0 radical (unpaired) electrons. The summed E-state index contributed by atoms with van der Waals surface area (Å²) in [7, 11) is 0. The van der Waals surface area contributed by atoms with Crippen molar-refractivity contribution in [2.75, 3.05) is 6.54 Å². The fraction of sp³-hybridized carbons (Fsp3) is 0.462. The molecule has 4 nitrogen and oxygen atoms in total. The molecular weight excluding hydrogens is 330 g/mol. The molecule has 1 aromatic rings. The predicted octanol–water partition coefficient (Wildman–Crippen LogP) is 2.62. The third-order valence-electron chi connectivity index (χ3n) is 2.93. The molecule has 130 valence electrons. The first-order chi connectivity index (χ1) is 10.4. The maximum Gasteiger partial charge on any atom is 0.416 e. The summed E-state index contributed by atoms with van der Waals surface area (Å²) in [6.07, 6.45) is -9.82. The van der Waals surface area contributed by atoms with E-state index >= 15 is 0 Å². The third kappa shape index (κ3) is 6.06. The molecule has 0 aliphatic carbocycles. The van der Waals surface area contributed by atoms with Crippen LogP contribution >= 0.6 is 0 Å². The van der Waals surface area contributed by atoms with Crippen molar-refractivity contribution in [2.24, 2.45) is 5.73 Å². The van der Waals surface area contributed by atoms with Crippen LogP contribution in [0, 0.1) is 0 Å². The second kappa shape index (κ2) is 7.18. The molecule has 1 unspecified atom stereocenters. The Morgan fingerprint density at radius 1 is 1.09 bits per heavy atom. The molecule has 0 saturated heterocycles. The maximum atomic E-state index is 12.6. The van der Waals surface area contributed by atoms with Gasteiger partial charge in [-0.1, -0.05) is 0 Å². The lowest BCUT2D eigenvalue weighted by atomic mass is 10.0. The number of hydrogen-bond acceptors (Lipinski definition) is 3. The first kappa shape index (κ1) is 19.2. The fourth-order valence-corrected chi connectivity index (χ4v) is 1.74. The lowest BCUT2D eigenvalue weighted by Crippen LogP contribution is -2.33. The number of aliphatic carboxylic acids is 1. The number of halogens is 6. The number of alkyl halides is 6. The number of carbonyl (C=O) groups is 1. The van der Waals surface area contributed by atoms with Gasteiger partial charge in [-0.25, -0.2) is 0 Å².